The smallest absolute Gasteiger partial charge is 0.254 e. The summed E-state index contributed by atoms with van der Waals surface area (Å²) in [5, 5.41) is 3.92. The van der Waals surface area contributed by atoms with Crippen LogP contribution < -0.4 is 0 Å². The Morgan fingerprint density at radius 1 is 1.62 bits per heavy atom. The molecule has 0 spiro atoms. The number of ether oxygens (including phenoxy) is 1. The minimum atomic E-state index is -0.229. The summed E-state index contributed by atoms with van der Waals surface area (Å²) < 4.78 is 10.1. The SMILES string of the molecule is C[C@@H]1O[C@H]1C(=O)N1CCC[C@@H]1c1ccon1. The van der Waals surface area contributed by atoms with E-state index in [-0.39, 0.29) is 24.2 Å². The van der Waals surface area contributed by atoms with Gasteiger partial charge >= 0.3 is 0 Å². The predicted octanol–water partition coefficient (Wildman–Crippen LogP) is 1.13. The van der Waals surface area contributed by atoms with Crippen molar-refractivity contribution < 1.29 is 14.1 Å². The molecule has 2 fully saturated rings. The summed E-state index contributed by atoms with van der Waals surface area (Å²) >= 11 is 0. The first-order chi connectivity index (χ1) is 7.77. The minimum absolute atomic E-state index is 0.0719. The molecule has 1 aromatic heterocycles. The fourth-order valence-electron chi connectivity index (χ4n) is 2.34. The maximum Gasteiger partial charge on any atom is 0.254 e. The van der Waals surface area contributed by atoms with Crippen molar-refractivity contribution in [2.45, 2.75) is 38.0 Å². The first kappa shape index (κ1) is 9.84. The van der Waals surface area contributed by atoms with E-state index in [1.165, 1.54) is 0 Å². The van der Waals surface area contributed by atoms with Gasteiger partial charge in [0, 0.05) is 12.6 Å². The third kappa shape index (κ3) is 1.51. The number of likely N-dealkylation sites (tertiary alicyclic amines) is 1. The Morgan fingerprint density at radius 2 is 2.44 bits per heavy atom. The topological polar surface area (TPSA) is 58.9 Å². The quantitative estimate of drug-likeness (QED) is 0.704. The van der Waals surface area contributed by atoms with Crippen molar-refractivity contribution in [1.82, 2.24) is 10.1 Å². The second-order valence-electron chi connectivity index (χ2n) is 4.38. The highest BCUT2D eigenvalue weighted by molar-refractivity contribution is 5.84. The average molecular weight is 222 g/mol. The fraction of sp³-hybridized carbons (Fsp3) is 0.636. The van der Waals surface area contributed by atoms with Gasteiger partial charge in [0.1, 0.15) is 12.0 Å². The molecule has 0 aromatic carbocycles. The lowest BCUT2D eigenvalue weighted by Crippen LogP contribution is -2.34. The van der Waals surface area contributed by atoms with E-state index in [1.807, 2.05) is 17.9 Å². The van der Waals surface area contributed by atoms with E-state index in [4.69, 9.17) is 9.26 Å². The third-order valence-corrected chi connectivity index (χ3v) is 3.29. The zero-order valence-electron chi connectivity index (χ0n) is 9.13. The molecule has 2 aliphatic heterocycles. The summed E-state index contributed by atoms with van der Waals surface area (Å²) in [5.41, 5.74) is 0.846. The summed E-state index contributed by atoms with van der Waals surface area (Å²) in [6, 6.07) is 1.90. The van der Waals surface area contributed by atoms with Gasteiger partial charge < -0.3 is 14.2 Å². The molecular weight excluding hydrogens is 208 g/mol. The number of carbonyl (C=O) groups is 1. The molecule has 0 bridgehead atoms. The molecule has 0 saturated carbocycles. The highest BCUT2D eigenvalue weighted by Crippen LogP contribution is 2.34. The molecule has 16 heavy (non-hydrogen) atoms. The number of nitrogens with zero attached hydrogens (tertiary/aromatic N) is 2. The summed E-state index contributed by atoms with van der Waals surface area (Å²) in [6.07, 6.45) is 3.37. The van der Waals surface area contributed by atoms with Gasteiger partial charge in [-0.2, -0.15) is 0 Å². The van der Waals surface area contributed by atoms with Gasteiger partial charge in [0.15, 0.2) is 6.10 Å². The number of hydrogen-bond donors (Lipinski definition) is 0. The molecule has 0 radical (unpaired) electrons. The Balaban J connectivity index is 1.77. The highest BCUT2D eigenvalue weighted by Gasteiger charge is 2.46. The molecule has 86 valence electrons. The molecule has 2 aliphatic rings. The summed E-state index contributed by atoms with van der Waals surface area (Å²) in [7, 11) is 0. The van der Waals surface area contributed by atoms with Crippen LogP contribution in [0.4, 0.5) is 0 Å². The van der Waals surface area contributed by atoms with Gasteiger partial charge in [-0.15, -0.1) is 0 Å². The lowest BCUT2D eigenvalue weighted by molar-refractivity contribution is -0.133. The molecular formula is C11H14N2O3. The van der Waals surface area contributed by atoms with Gasteiger partial charge in [-0.05, 0) is 19.8 Å². The Hall–Kier alpha value is -1.36. The minimum Gasteiger partial charge on any atom is -0.364 e. The molecule has 5 heteroatoms. The van der Waals surface area contributed by atoms with Crippen molar-refractivity contribution >= 4 is 5.91 Å². The second-order valence-corrected chi connectivity index (χ2v) is 4.38. The van der Waals surface area contributed by atoms with Crippen molar-refractivity contribution in [3.63, 3.8) is 0 Å². The van der Waals surface area contributed by atoms with Crippen LogP contribution in [-0.2, 0) is 9.53 Å². The summed E-state index contributed by atoms with van der Waals surface area (Å²) in [5.74, 6) is 0.0954. The number of amides is 1. The van der Waals surface area contributed by atoms with Crippen molar-refractivity contribution in [1.29, 1.82) is 0 Å². The highest BCUT2D eigenvalue weighted by atomic mass is 16.6. The molecule has 3 atom stereocenters. The van der Waals surface area contributed by atoms with E-state index in [0.29, 0.717) is 0 Å². The summed E-state index contributed by atoms with van der Waals surface area (Å²) in [4.78, 5) is 13.9. The van der Waals surface area contributed by atoms with E-state index in [0.717, 1.165) is 25.1 Å². The van der Waals surface area contributed by atoms with E-state index in [1.54, 1.807) is 6.26 Å². The van der Waals surface area contributed by atoms with Crippen molar-refractivity contribution in [3.8, 4) is 0 Å². The Morgan fingerprint density at radius 3 is 3.06 bits per heavy atom. The third-order valence-electron chi connectivity index (χ3n) is 3.29. The molecule has 0 unspecified atom stereocenters. The van der Waals surface area contributed by atoms with Gasteiger partial charge in [0.25, 0.3) is 5.91 Å². The molecule has 0 N–H and O–H groups in total. The van der Waals surface area contributed by atoms with Crippen LogP contribution in [0.25, 0.3) is 0 Å². The molecule has 3 heterocycles. The van der Waals surface area contributed by atoms with Crippen LogP contribution in [0.15, 0.2) is 16.9 Å². The number of epoxide rings is 1. The first-order valence-electron chi connectivity index (χ1n) is 5.63. The Kier molecular flexibility index (Phi) is 2.21. The van der Waals surface area contributed by atoms with E-state index >= 15 is 0 Å². The van der Waals surface area contributed by atoms with Crippen LogP contribution >= 0.6 is 0 Å². The van der Waals surface area contributed by atoms with Gasteiger partial charge in [0.05, 0.1) is 12.1 Å². The lowest BCUT2D eigenvalue weighted by atomic mass is 10.1. The van der Waals surface area contributed by atoms with Crippen LogP contribution in [-0.4, -0.2) is 34.7 Å². The Labute approximate surface area is 93.3 Å². The average Bonchev–Trinajstić information content (AvgIpc) is 2.81. The molecule has 3 rings (SSSR count). The zero-order chi connectivity index (χ0) is 11.1. The number of hydrogen-bond acceptors (Lipinski definition) is 4. The molecule has 5 nitrogen and oxygen atoms in total. The van der Waals surface area contributed by atoms with E-state index in [2.05, 4.69) is 5.16 Å². The van der Waals surface area contributed by atoms with Crippen LogP contribution in [0.1, 0.15) is 31.5 Å². The zero-order valence-corrected chi connectivity index (χ0v) is 9.13. The molecule has 0 aliphatic carbocycles. The molecule has 1 amide bonds. The van der Waals surface area contributed by atoms with Crippen molar-refractivity contribution in [2.75, 3.05) is 6.54 Å². The van der Waals surface area contributed by atoms with Gasteiger partial charge in [0.2, 0.25) is 0 Å². The van der Waals surface area contributed by atoms with Crippen LogP contribution in [0.3, 0.4) is 0 Å². The van der Waals surface area contributed by atoms with Gasteiger partial charge in [-0.25, -0.2) is 0 Å². The lowest BCUT2D eigenvalue weighted by Gasteiger charge is -2.22. The Bertz CT molecular complexity index is 390. The van der Waals surface area contributed by atoms with Crippen molar-refractivity contribution in [2.24, 2.45) is 0 Å². The maximum absolute atomic E-state index is 12.1. The predicted molar refractivity (Wildman–Crippen MR) is 54.5 cm³/mol. The molecule has 1 aromatic rings. The fourth-order valence-corrected chi connectivity index (χ4v) is 2.34. The van der Waals surface area contributed by atoms with Gasteiger partial charge in [-0.3, -0.25) is 4.79 Å². The van der Waals surface area contributed by atoms with E-state index in [9.17, 15) is 4.79 Å². The van der Waals surface area contributed by atoms with Crippen molar-refractivity contribution in [3.05, 3.63) is 18.0 Å². The maximum atomic E-state index is 12.1. The number of aromatic nitrogens is 1. The number of carbonyl (C=O) groups excluding carboxylic acids is 1. The first-order valence-corrected chi connectivity index (χ1v) is 5.63. The molecule has 2 saturated heterocycles. The normalized spacial score (nSPS) is 33.1. The monoisotopic (exact) mass is 222 g/mol. The summed E-state index contributed by atoms with van der Waals surface area (Å²) in [6.45, 7) is 2.71. The second kappa shape index (κ2) is 3.59. The van der Waals surface area contributed by atoms with Crippen LogP contribution in [0.2, 0.25) is 0 Å². The van der Waals surface area contributed by atoms with Gasteiger partial charge in [-0.1, -0.05) is 5.16 Å². The number of rotatable bonds is 2. The van der Waals surface area contributed by atoms with Crippen LogP contribution in [0.5, 0.6) is 0 Å². The standard InChI is InChI=1S/C11H14N2O3/c1-7-10(16-7)11(14)13-5-2-3-9(13)8-4-6-15-12-8/h4,6-7,9-10H,2-3,5H2,1H3/t7-,9+,10+/m0/s1. The van der Waals surface area contributed by atoms with Crippen LogP contribution in [0, 0.1) is 0 Å². The van der Waals surface area contributed by atoms with E-state index < -0.39 is 0 Å². The largest absolute Gasteiger partial charge is 0.364 e.